The molecular weight excluding hydrogens is 330 g/mol. The molecule has 0 aliphatic rings. The van der Waals surface area contributed by atoms with Crippen molar-refractivity contribution < 1.29 is 28.6 Å². The molecule has 0 saturated carbocycles. The van der Waals surface area contributed by atoms with Crippen LogP contribution in [0.2, 0.25) is 0 Å². The number of alkyl carbamates (subject to hydrolysis) is 3. The molecule has 9 nitrogen and oxygen atoms in total. The molecule has 1 aromatic carbocycles. The summed E-state index contributed by atoms with van der Waals surface area (Å²) < 4.78 is 14.0. The SMILES string of the molecule is C=C(COC(=O)NC)OC(=O)NCc1cccc(CNC(=O)OC)c1. The van der Waals surface area contributed by atoms with Gasteiger partial charge in [-0.25, -0.2) is 14.4 Å². The average molecular weight is 351 g/mol. The molecule has 3 N–H and O–H groups in total. The van der Waals surface area contributed by atoms with Crippen LogP contribution in [0.25, 0.3) is 0 Å². The Morgan fingerprint density at radius 2 is 1.64 bits per heavy atom. The maximum atomic E-state index is 11.7. The van der Waals surface area contributed by atoms with Crippen LogP contribution in [0.3, 0.4) is 0 Å². The highest BCUT2D eigenvalue weighted by atomic mass is 16.6. The molecule has 0 radical (unpaired) electrons. The van der Waals surface area contributed by atoms with Crippen LogP contribution in [0.15, 0.2) is 36.6 Å². The number of carbonyl (C=O) groups excluding carboxylic acids is 3. The van der Waals surface area contributed by atoms with Crippen molar-refractivity contribution in [3.8, 4) is 0 Å². The van der Waals surface area contributed by atoms with Crippen molar-refractivity contribution in [2.75, 3.05) is 20.8 Å². The van der Waals surface area contributed by atoms with E-state index in [1.54, 1.807) is 6.07 Å². The van der Waals surface area contributed by atoms with Gasteiger partial charge in [-0.3, -0.25) is 0 Å². The number of amides is 3. The highest BCUT2D eigenvalue weighted by Gasteiger charge is 2.08. The Kier molecular flexibility index (Phi) is 8.34. The lowest BCUT2D eigenvalue weighted by molar-refractivity contribution is 0.128. The van der Waals surface area contributed by atoms with E-state index >= 15 is 0 Å². The lowest BCUT2D eigenvalue weighted by atomic mass is 10.1. The quantitative estimate of drug-likeness (QED) is 0.508. The summed E-state index contributed by atoms with van der Waals surface area (Å²) in [6.45, 7) is 3.77. The Bertz CT molecular complexity index is 632. The maximum Gasteiger partial charge on any atom is 0.412 e. The first-order valence-electron chi connectivity index (χ1n) is 7.32. The van der Waals surface area contributed by atoms with Crippen LogP contribution in [-0.2, 0) is 27.3 Å². The van der Waals surface area contributed by atoms with Gasteiger partial charge in [-0.2, -0.15) is 0 Å². The third-order valence-electron chi connectivity index (χ3n) is 2.86. The molecule has 0 aromatic heterocycles. The Hall–Kier alpha value is -3.23. The van der Waals surface area contributed by atoms with Crippen molar-refractivity contribution in [3.05, 3.63) is 47.7 Å². The maximum absolute atomic E-state index is 11.7. The lowest BCUT2D eigenvalue weighted by Gasteiger charge is -2.10. The van der Waals surface area contributed by atoms with Gasteiger partial charge in [0, 0.05) is 20.1 Å². The second-order valence-electron chi connectivity index (χ2n) is 4.77. The minimum absolute atomic E-state index is 0.00266. The van der Waals surface area contributed by atoms with Crippen molar-refractivity contribution in [1.29, 1.82) is 0 Å². The molecule has 0 aliphatic carbocycles. The second kappa shape index (κ2) is 10.5. The molecule has 0 aliphatic heterocycles. The van der Waals surface area contributed by atoms with E-state index in [0.29, 0.717) is 6.54 Å². The normalized spacial score (nSPS) is 9.52. The van der Waals surface area contributed by atoms with Crippen LogP contribution in [0, 0.1) is 0 Å². The topological polar surface area (TPSA) is 115 Å². The summed E-state index contributed by atoms with van der Waals surface area (Å²) >= 11 is 0. The summed E-state index contributed by atoms with van der Waals surface area (Å²) in [7, 11) is 2.70. The number of rotatable bonds is 7. The molecule has 0 heterocycles. The van der Waals surface area contributed by atoms with E-state index in [0.717, 1.165) is 11.1 Å². The van der Waals surface area contributed by atoms with Gasteiger partial charge in [0.1, 0.15) is 5.76 Å². The number of benzene rings is 1. The fourth-order valence-electron chi connectivity index (χ4n) is 1.69. The standard InChI is InChI=1S/C16H21N3O6/c1-11(10-24-14(20)17-2)25-16(22)19-9-13-6-4-5-12(7-13)8-18-15(21)23-3/h4-7H,1,8-10H2,2-3H3,(H,17,20)(H,18,21)(H,19,22). The highest BCUT2D eigenvalue weighted by Crippen LogP contribution is 2.06. The van der Waals surface area contributed by atoms with Gasteiger partial charge in [-0.05, 0) is 11.1 Å². The molecule has 0 bridgehead atoms. The third-order valence-corrected chi connectivity index (χ3v) is 2.86. The Labute approximate surface area is 145 Å². The van der Waals surface area contributed by atoms with Crippen LogP contribution in [0.1, 0.15) is 11.1 Å². The van der Waals surface area contributed by atoms with E-state index < -0.39 is 18.3 Å². The van der Waals surface area contributed by atoms with Gasteiger partial charge in [-0.15, -0.1) is 0 Å². The van der Waals surface area contributed by atoms with Gasteiger partial charge in [0.15, 0.2) is 6.61 Å². The minimum Gasteiger partial charge on any atom is -0.453 e. The van der Waals surface area contributed by atoms with Crippen molar-refractivity contribution in [1.82, 2.24) is 16.0 Å². The number of hydrogen-bond acceptors (Lipinski definition) is 6. The number of carbonyl (C=O) groups is 3. The third kappa shape index (κ3) is 8.26. The van der Waals surface area contributed by atoms with E-state index in [1.807, 2.05) is 18.2 Å². The van der Waals surface area contributed by atoms with Crippen molar-refractivity contribution in [2.24, 2.45) is 0 Å². The molecule has 136 valence electrons. The van der Waals surface area contributed by atoms with E-state index in [4.69, 9.17) is 4.74 Å². The van der Waals surface area contributed by atoms with Gasteiger partial charge >= 0.3 is 18.3 Å². The molecule has 0 unspecified atom stereocenters. The molecule has 0 fully saturated rings. The van der Waals surface area contributed by atoms with Gasteiger partial charge < -0.3 is 30.2 Å². The van der Waals surface area contributed by atoms with E-state index in [-0.39, 0.29) is 18.9 Å². The molecule has 0 saturated heterocycles. The zero-order valence-corrected chi connectivity index (χ0v) is 14.1. The molecule has 1 aromatic rings. The predicted molar refractivity (Wildman–Crippen MR) is 88.6 cm³/mol. The largest absolute Gasteiger partial charge is 0.453 e. The van der Waals surface area contributed by atoms with Gasteiger partial charge in [0.2, 0.25) is 0 Å². The monoisotopic (exact) mass is 351 g/mol. The van der Waals surface area contributed by atoms with Crippen molar-refractivity contribution >= 4 is 18.3 Å². The molecule has 3 amide bonds. The van der Waals surface area contributed by atoms with Crippen LogP contribution in [0.5, 0.6) is 0 Å². The molecule has 1 rings (SSSR count). The van der Waals surface area contributed by atoms with E-state index in [1.165, 1.54) is 14.2 Å². The van der Waals surface area contributed by atoms with Crippen molar-refractivity contribution in [2.45, 2.75) is 13.1 Å². The summed E-state index contributed by atoms with van der Waals surface area (Å²) in [6.07, 6.45) is -1.89. The van der Waals surface area contributed by atoms with Gasteiger partial charge in [-0.1, -0.05) is 30.8 Å². The minimum atomic E-state index is -0.719. The van der Waals surface area contributed by atoms with E-state index in [9.17, 15) is 14.4 Å². The smallest absolute Gasteiger partial charge is 0.412 e. The Balaban J connectivity index is 2.39. The van der Waals surface area contributed by atoms with Crippen molar-refractivity contribution in [3.63, 3.8) is 0 Å². The fraction of sp³-hybridized carbons (Fsp3) is 0.312. The van der Waals surface area contributed by atoms with Crippen LogP contribution >= 0.6 is 0 Å². The first-order chi connectivity index (χ1) is 11.9. The summed E-state index contributed by atoms with van der Waals surface area (Å²) in [5, 5.41) is 7.36. The van der Waals surface area contributed by atoms with E-state index in [2.05, 4.69) is 32.0 Å². The zero-order valence-electron chi connectivity index (χ0n) is 14.1. The van der Waals surface area contributed by atoms with Crippen LogP contribution in [0.4, 0.5) is 14.4 Å². The molecule has 25 heavy (non-hydrogen) atoms. The first-order valence-corrected chi connectivity index (χ1v) is 7.32. The van der Waals surface area contributed by atoms with Crippen LogP contribution in [-0.4, -0.2) is 39.0 Å². The number of ether oxygens (including phenoxy) is 3. The predicted octanol–water partition coefficient (Wildman–Crippen LogP) is 1.64. The molecular formula is C16H21N3O6. The number of methoxy groups -OCH3 is 1. The lowest BCUT2D eigenvalue weighted by Crippen LogP contribution is -2.26. The molecule has 0 spiro atoms. The Morgan fingerprint density at radius 1 is 1.04 bits per heavy atom. The average Bonchev–Trinajstić information content (AvgIpc) is 2.62. The molecule has 0 atom stereocenters. The first kappa shape index (κ1) is 19.8. The summed E-state index contributed by atoms with van der Waals surface area (Å²) in [6, 6.07) is 7.26. The second-order valence-corrected chi connectivity index (χ2v) is 4.77. The van der Waals surface area contributed by atoms with Gasteiger partial charge in [0.05, 0.1) is 7.11 Å². The summed E-state index contributed by atoms with van der Waals surface area (Å²) in [5.41, 5.74) is 1.66. The summed E-state index contributed by atoms with van der Waals surface area (Å²) in [5.74, 6) is -0.00266. The highest BCUT2D eigenvalue weighted by molar-refractivity contribution is 5.69. The zero-order chi connectivity index (χ0) is 18.7. The van der Waals surface area contributed by atoms with Gasteiger partial charge in [0.25, 0.3) is 0 Å². The fourth-order valence-corrected chi connectivity index (χ4v) is 1.69. The number of nitrogens with one attached hydrogen (secondary N) is 3. The number of hydrogen-bond donors (Lipinski definition) is 3. The molecule has 9 heteroatoms. The van der Waals surface area contributed by atoms with Crippen LogP contribution < -0.4 is 16.0 Å². The Morgan fingerprint density at radius 3 is 2.20 bits per heavy atom. The summed E-state index contributed by atoms with van der Waals surface area (Å²) in [4.78, 5) is 33.6.